The van der Waals surface area contributed by atoms with Crippen LogP contribution in [0.5, 0.6) is 0 Å². The molecule has 1 amide bonds. The molecule has 1 aliphatic rings. The van der Waals surface area contributed by atoms with Crippen LogP contribution in [0.1, 0.15) is 80.5 Å². The van der Waals surface area contributed by atoms with E-state index in [0.29, 0.717) is 34.9 Å². The summed E-state index contributed by atoms with van der Waals surface area (Å²) in [6.07, 6.45) is 2.42. The van der Waals surface area contributed by atoms with E-state index in [1.165, 1.54) is 12.1 Å². The maximum atomic E-state index is 13.2. The third-order valence-electron chi connectivity index (χ3n) is 10.7. The Balaban J connectivity index is 0.948. The number of hydrogen-bond donors (Lipinski definition) is 4. The third kappa shape index (κ3) is 7.69. The lowest BCUT2D eigenvalue weighted by Gasteiger charge is -2.13. The fourth-order valence-corrected chi connectivity index (χ4v) is 9.69. The number of nitrogens with two attached hydrogens (primary N) is 1. The van der Waals surface area contributed by atoms with Gasteiger partial charge in [-0.1, -0.05) is 61.5 Å². The number of carbonyl (C=O) groups excluding carboxylic acids is 2. The molecule has 15 heteroatoms. The summed E-state index contributed by atoms with van der Waals surface area (Å²) in [6.45, 7) is 10.5. The number of hydrogen-bond acceptors (Lipinski definition) is 10. The van der Waals surface area contributed by atoms with Gasteiger partial charge in [-0.25, -0.2) is 8.42 Å². The van der Waals surface area contributed by atoms with E-state index in [2.05, 4.69) is 39.1 Å². The van der Waals surface area contributed by atoms with Gasteiger partial charge in [-0.05, 0) is 92.3 Å². The molecule has 1 atom stereocenters. The topological polar surface area (TPSA) is 186 Å². The summed E-state index contributed by atoms with van der Waals surface area (Å²) in [4.78, 5) is 35.5. The van der Waals surface area contributed by atoms with Gasteiger partial charge in [0.05, 0.1) is 40.5 Å². The smallest absolute Gasteiger partial charge is 0.308 e. The van der Waals surface area contributed by atoms with Crippen molar-refractivity contribution in [3.63, 3.8) is 0 Å². The summed E-state index contributed by atoms with van der Waals surface area (Å²) in [6, 6.07) is 24.8. The van der Waals surface area contributed by atoms with E-state index in [1.807, 2.05) is 67.8 Å². The summed E-state index contributed by atoms with van der Waals surface area (Å²) in [5.74, 6) is 0.747. The monoisotopic (exact) mass is 840 g/mol. The van der Waals surface area contributed by atoms with Gasteiger partial charge in [0, 0.05) is 39.7 Å². The number of amides is 1. The second-order valence-electron chi connectivity index (χ2n) is 14.8. The minimum Gasteiger partial charge on any atom is -0.466 e. The number of aryl methyl sites for hydroxylation is 3. The van der Waals surface area contributed by atoms with Crippen LogP contribution < -0.4 is 15.8 Å². The number of aromatic amines is 1. The van der Waals surface area contributed by atoms with Crippen molar-refractivity contribution in [3.8, 4) is 16.1 Å². The Labute approximate surface area is 351 Å². The number of nitrogen functional groups attached to an aromatic ring is 1. The Bertz CT molecular complexity index is 2910. The fourth-order valence-electron chi connectivity index (χ4n) is 7.40. The second-order valence-corrected chi connectivity index (χ2v) is 17.7. The van der Waals surface area contributed by atoms with Crippen LogP contribution >= 0.6 is 11.3 Å². The first-order chi connectivity index (χ1) is 28.8. The number of H-pyrrole nitrogens is 1. The number of carbonyl (C=O) groups is 2. The van der Waals surface area contributed by atoms with Gasteiger partial charge in [0.2, 0.25) is 0 Å². The lowest BCUT2D eigenvalue weighted by atomic mass is 9.96. The van der Waals surface area contributed by atoms with Crippen molar-refractivity contribution in [1.29, 1.82) is 0 Å². The first-order valence-electron chi connectivity index (χ1n) is 19.6. The van der Waals surface area contributed by atoms with Crippen LogP contribution in [-0.4, -0.2) is 52.4 Å². The molecule has 60 heavy (non-hydrogen) atoms. The van der Waals surface area contributed by atoms with E-state index in [-0.39, 0.29) is 29.7 Å². The van der Waals surface area contributed by atoms with Crippen molar-refractivity contribution in [2.24, 2.45) is 4.99 Å². The number of anilines is 2. The number of sulfonamides is 1. The molecule has 4 heterocycles. The van der Waals surface area contributed by atoms with Crippen LogP contribution in [0.2, 0.25) is 0 Å². The van der Waals surface area contributed by atoms with Crippen LogP contribution in [0.4, 0.5) is 11.4 Å². The van der Waals surface area contributed by atoms with E-state index in [4.69, 9.17) is 15.5 Å². The molecule has 0 saturated carbocycles. The Morgan fingerprint density at radius 1 is 0.900 bits per heavy atom. The van der Waals surface area contributed by atoms with E-state index < -0.39 is 16.1 Å². The first-order valence-corrected chi connectivity index (χ1v) is 21.9. The molecule has 0 spiro atoms. The number of esters is 1. The molecule has 3 aromatic heterocycles. The van der Waals surface area contributed by atoms with Crippen LogP contribution in [0.3, 0.4) is 0 Å². The first kappa shape index (κ1) is 40.2. The molecule has 4 aromatic carbocycles. The number of benzene rings is 4. The molecular weight excluding hydrogens is 797 g/mol. The number of ether oxygens (including phenoxy) is 1. The molecule has 0 aliphatic carbocycles. The molecule has 0 saturated heterocycles. The van der Waals surface area contributed by atoms with Crippen molar-refractivity contribution in [2.75, 3.05) is 17.1 Å². The third-order valence-corrected chi connectivity index (χ3v) is 13.3. The van der Waals surface area contributed by atoms with Crippen LogP contribution in [-0.2, 0) is 26.1 Å². The van der Waals surface area contributed by atoms with E-state index >= 15 is 0 Å². The highest BCUT2D eigenvalue weighted by atomic mass is 32.2. The zero-order valence-corrected chi connectivity index (χ0v) is 35.4. The quantitative estimate of drug-likeness (QED) is 0.0886. The summed E-state index contributed by atoms with van der Waals surface area (Å²) in [5.41, 5.74) is 15.5. The number of nitrogens with one attached hydrogen (secondary N) is 3. The predicted molar refractivity (Wildman–Crippen MR) is 235 cm³/mol. The molecule has 7 aromatic rings. The summed E-state index contributed by atoms with van der Waals surface area (Å²) in [5, 5.41) is 13.5. The maximum absolute atomic E-state index is 13.2. The number of rotatable bonds is 12. The lowest BCUT2D eigenvalue weighted by molar-refractivity contribution is -0.144. The van der Waals surface area contributed by atoms with Crippen molar-refractivity contribution >= 4 is 61.2 Å². The van der Waals surface area contributed by atoms with Gasteiger partial charge in [0.25, 0.3) is 15.9 Å². The molecule has 306 valence electrons. The Hall–Kier alpha value is -6.58. The number of aromatic nitrogens is 4. The van der Waals surface area contributed by atoms with Crippen molar-refractivity contribution in [3.05, 3.63) is 141 Å². The highest BCUT2D eigenvalue weighted by Crippen LogP contribution is 2.40. The SMILES string of the molecule is CCCOC(=O)C[C@@H]1N=C(c2ccc(-c3ccc(C(=O)NCc4ccc(S(=O)(=O)Nc5ccc(C)c6c(N)c[nH]c56)cc4)cc3)cc2)c2c(sc(C)c2C)-n2c(C)nnc21. The molecule has 0 bridgehead atoms. The van der Waals surface area contributed by atoms with E-state index in [9.17, 15) is 18.0 Å². The zero-order chi connectivity index (χ0) is 42.3. The molecular formula is C45H44N8O5S2. The molecule has 0 unspecified atom stereocenters. The second kappa shape index (κ2) is 16.2. The van der Waals surface area contributed by atoms with Gasteiger partial charge >= 0.3 is 5.97 Å². The predicted octanol–water partition coefficient (Wildman–Crippen LogP) is 8.26. The lowest BCUT2D eigenvalue weighted by Crippen LogP contribution is -2.22. The molecule has 13 nitrogen and oxygen atoms in total. The average molecular weight is 841 g/mol. The van der Waals surface area contributed by atoms with Crippen molar-refractivity contribution in [1.82, 2.24) is 25.1 Å². The standard InChI is InChI=1S/C45H44N8O5S2/c1-6-21-58-38(54)22-37-43-51-50-28(5)53(43)45-40(26(3)27(4)59-45)41(49-37)32-14-10-30(11-15-32)31-12-16-33(17-13-31)44(55)48-23-29-8-18-34(19-9-29)60(56,57)52-36-20-7-25(2)39-35(46)24-47-42(36)39/h7-20,24,37,47,52H,6,21-23,46H2,1-5H3,(H,48,55)/t37-/m0/s1. The number of nitrogens with zero attached hydrogens (tertiary/aromatic N) is 4. The summed E-state index contributed by atoms with van der Waals surface area (Å²) < 4.78 is 36.6. The Morgan fingerprint density at radius 2 is 1.58 bits per heavy atom. The van der Waals surface area contributed by atoms with Crippen LogP contribution in [0.15, 0.2) is 101 Å². The highest BCUT2D eigenvalue weighted by Gasteiger charge is 2.33. The molecule has 5 N–H and O–H groups in total. The number of fused-ring (bicyclic) bond motifs is 4. The largest absolute Gasteiger partial charge is 0.466 e. The van der Waals surface area contributed by atoms with Gasteiger partial charge in [-0.2, -0.15) is 0 Å². The van der Waals surface area contributed by atoms with Crippen LogP contribution in [0.25, 0.3) is 27.0 Å². The molecule has 0 fully saturated rings. The Morgan fingerprint density at radius 3 is 2.28 bits per heavy atom. The molecule has 1 aliphatic heterocycles. The van der Waals surface area contributed by atoms with Crippen LogP contribution in [0, 0.1) is 27.7 Å². The fraction of sp³-hybridized carbons (Fsp3) is 0.222. The Kier molecular flexibility index (Phi) is 10.9. The molecule has 0 radical (unpaired) electrons. The normalized spacial score (nSPS) is 13.6. The minimum atomic E-state index is -3.89. The van der Waals surface area contributed by atoms with E-state index in [0.717, 1.165) is 72.2 Å². The summed E-state index contributed by atoms with van der Waals surface area (Å²) >= 11 is 1.66. The highest BCUT2D eigenvalue weighted by molar-refractivity contribution is 7.92. The van der Waals surface area contributed by atoms with E-state index in [1.54, 1.807) is 47.9 Å². The van der Waals surface area contributed by atoms with Gasteiger partial charge < -0.3 is 20.8 Å². The van der Waals surface area contributed by atoms with Gasteiger partial charge in [0.1, 0.15) is 16.9 Å². The van der Waals surface area contributed by atoms with Gasteiger partial charge in [0.15, 0.2) is 5.82 Å². The maximum Gasteiger partial charge on any atom is 0.308 e. The van der Waals surface area contributed by atoms with Gasteiger partial charge in [-0.3, -0.25) is 23.9 Å². The minimum absolute atomic E-state index is 0.0462. The van der Waals surface area contributed by atoms with Crippen molar-refractivity contribution < 1.29 is 22.7 Å². The van der Waals surface area contributed by atoms with Crippen molar-refractivity contribution in [2.45, 2.75) is 64.9 Å². The average Bonchev–Trinajstić information content (AvgIpc) is 3.90. The van der Waals surface area contributed by atoms with Gasteiger partial charge in [-0.15, -0.1) is 21.5 Å². The number of thiophene rings is 1. The summed E-state index contributed by atoms with van der Waals surface area (Å²) in [7, 11) is -3.89. The number of aliphatic imine (C=N–C) groups is 1. The molecule has 8 rings (SSSR count). The zero-order valence-electron chi connectivity index (χ0n) is 33.8.